The van der Waals surface area contributed by atoms with Crippen molar-refractivity contribution in [1.82, 2.24) is 4.98 Å². The fraction of sp³-hybridized carbons (Fsp3) is 0.455. The van der Waals surface area contributed by atoms with Crippen LogP contribution in [0.4, 0.5) is 5.69 Å². The molecule has 1 rings (SSSR count). The first kappa shape index (κ1) is 10.7. The molecular formula is C11H16N2O. The topological polar surface area (TPSA) is 42.0 Å². The molecule has 1 aromatic heterocycles. The number of carbonyl (C=O) groups is 1. The van der Waals surface area contributed by atoms with Crippen LogP contribution in [0.1, 0.15) is 32.6 Å². The molecular weight excluding hydrogens is 176 g/mol. The molecule has 0 aliphatic rings. The molecule has 1 amide bonds. The van der Waals surface area contributed by atoms with Gasteiger partial charge in [-0.25, -0.2) is 0 Å². The van der Waals surface area contributed by atoms with Crippen molar-refractivity contribution in [2.45, 2.75) is 32.6 Å². The van der Waals surface area contributed by atoms with Gasteiger partial charge in [-0.1, -0.05) is 19.8 Å². The fourth-order valence-electron chi connectivity index (χ4n) is 1.20. The lowest BCUT2D eigenvalue weighted by Crippen LogP contribution is -2.10. The highest BCUT2D eigenvalue weighted by Gasteiger charge is 2.00. The second kappa shape index (κ2) is 6.13. The summed E-state index contributed by atoms with van der Waals surface area (Å²) in [6, 6.07) is 3.65. The number of anilines is 1. The maximum Gasteiger partial charge on any atom is 0.224 e. The van der Waals surface area contributed by atoms with E-state index in [9.17, 15) is 4.79 Å². The zero-order chi connectivity index (χ0) is 10.2. The van der Waals surface area contributed by atoms with Gasteiger partial charge in [-0.3, -0.25) is 9.78 Å². The highest BCUT2D eigenvalue weighted by molar-refractivity contribution is 5.90. The highest BCUT2D eigenvalue weighted by Crippen LogP contribution is 2.05. The lowest BCUT2D eigenvalue weighted by Gasteiger charge is -2.03. The van der Waals surface area contributed by atoms with Crippen LogP contribution in [-0.4, -0.2) is 10.9 Å². The summed E-state index contributed by atoms with van der Waals surface area (Å²) in [4.78, 5) is 15.3. The Hall–Kier alpha value is -1.38. The van der Waals surface area contributed by atoms with E-state index in [4.69, 9.17) is 0 Å². The summed E-state index contributed by atoms with van der Waals surface area (Å²) in [7, 11) is 0. The van der Waals surface area contributed by atoms with E-state index in [1.807, 2.05) is 12.1 Å². The van der Waals surface area contributed by atoms with Gasteiger partial charge in [0.25, 0.3) is 0 Å². The average molecular weight is 192 g/mol. The Kier molecular flexibility index (Phi) is 4.69. The molecule has 0 spiro atoms. The number of nitrogens with one attached hydrogen (secondary N) is 1. The van der Waals surface area contributed by atoms with Crippen LogP contribution >= 0.6 is 0 Å². The number of rotatable bonds is 5. The first-order chi connectivity index (χ1) is 6.83. The number of pyridine rings is 1. The second-order valence-electron chi connectivity index (χ2n) is 3.25. The fourth-order valence-corrected chi connectivity index (χ4v) is 1.20. The van der Waals surface area contributed by atoms with Crippen LogP contribution in [0.5, 0.6) is 0 Å². The quantitative estimate of drug-likeness (QED) is 0.728. The first-order valence-electron chi connectivity index (χ1n) is 5.03. The summed E-state index contributed by atoms with van der Waals surface area (Å²) in [6.07, 6.45) is 7.15. The molecule has 3 nitrogen and oxygen atoms in total. The van der Waals surface area contributed by atoms with Crippen molar-refractivity contribution in [2.24, 2.45) is 0 Å². The third kappa shape index (κ3) is 4.03. The van der Waals surface area contributed by atoms with E-state index in [-0.39, 0.29) is 5.91 Å². The molecule has 0 bridgehead atoms. The molecule has 3 heteroatoms. The van der Waals surface area contributed by atoms with Crippen LogP contribution in [0, 0.1) is 0 Å². The maximum absolute atomic E-state index is 11.3. The molecule has 1 heterocycles. The standard InChI is InChI=1S/C11H16N2O/c1-2-3-4-7-11(14)13-10-6-5-8-12-9-10/h5-6,8-9H,2-4,7H2,1H3,(H,13,14). The van der Waals surface area contributed by atoms with Gasteiger partial charge in [0.2, 0.25) is 5.91 Å². The van der Waals surface area contributed by atoms with E-state index in [0.29, 0.717) is 6.42 Å². The van der Waals surface area contributed by atoms with Gasteiger partial charge in [-0.2, -0.15) is 0 Å². The summed E-state index contributed by atoms with van der Waals surface area (Å²) in [5.74, 6) is 0.0754. The van der Waals surface area contributed by atoms with Gasteiger partial charge in [0.05, 0.1) is 11.9 Å². The minimum atomic E-state index is 0.0754. The molecule has 1 N–H and O–H groups in total. The van der Waals surface area contributed by atoms with Crippen molar-refractivity contribution >= 4 is 11.6 Å². The molecule has 0 aliphatic heterocycles. The number of nitrogens with zero attached hydrogens (tertiary/aromatic N) is 1. The Balaban J connectivity index is 2.27. The molecule has 0 atom stereocenters. The van der Waals surface area contributed by atoms with E-state index in [1.54, 1.807) is 12.4 Å². The number of hydrogen-bond acceptors (Lipinski definition) is 2. The summed E-state index contributed by atoms with van der Waals surface area (Å²) >= 11 is 0. The number of aromatic nitrogens is 1. The van der Waals surface area contributed by atoms with E-state index in [0.717, 1.165) is 24.9 Å². The molecule has 76 valence electrons. The Bertz CT molecular complexity index is 272. The van der Waals surface area contributed by atoms with Crippen LogP contribution in [0.15, 0.2) is 24.5 Å². The second-order valence-corrected chi connectivity index (χ2v) is 3.25. The normalized spacial score (nSPS) is 9.79. The van der Waals surface area contributed by atoms with E-state index in [2.05, 4.69) is 17.2 Å². The largest absolute Gasteiger partial charge is 0.325 e. The minimum absolute atomic E-state index is 0.0754. The smallest absolute Gasteiger partial charge is 0.224 e. The van der Waals surface area contributed by atoms with Crippen molar-refractivity contribution < 1.29 is 4.79 Å². The molecule has 0 radical (unpaired) electrons. The van der Waals surface area contributed by atoms with Crippen molar-refractivity contribution in [3.8, 4) is 0 Å². The lowest BCUT2D eigenvalue weighted by atomic mass is 10.2. The van der Waals surface area contributed by atoms with Crippen LogP contribution in [0.2, 0.25) is 0 Å². The maximum atomic E-state index is 11.3. The zero-order valence-corrected chi connectivity index (χ0v) is 8.49. The van der Waals surface area contributed by atoms with Crippen molar-refractivity contribution in [3.63, 3.8) is 0 Å². The number of carbonyl (C=O) groups excluding carboxylic acids is 1. The Morgan fingerprint density at radius 1 is 1.50 bits per heavy atom. The van der Waals surface area contributed by atoms with E-state index in [1.165, 1.54) is 0 Å². The molecule has 0 aliphatic carbocycles. The zero-order valence-electron chi connectivity index (χ0n) is 8.49. The first-order valence-corrected chi connectivity index (χ1v) is 5.03. The SMILES string of the molecule is CCCCCC(=O)Nc1cccnc1. The summed E-state index contributed by atoms with van der Waals surface area (Å²) in [5, 5.41) is 2.80. The Labute approximate surface area is 84.6 Å². The lowest BCUT2D eigenvalue weighted by molar-refractivity contribution is -0.116. The number of hydrogen-bond donors (Lipinski definition) is 1. The molecule has 0 saturated heterocycles. The van der Waals surface area contributed by atoms with Gasteiger partial charge in [0, 0.05) is 12.6 Å². The summed E-state index contributed by atoms with van der Waals surface area (Å²) in [5.41, 5.74) is 0.772. The predicted molar refractivity (Wildman–Crippen MR) is 57.0 cm³/mol. The predicted octanol–water partition coefficient (Wildman–Crippen LogP) is 2.60. The van der Waals surface area contributed by atoms with Gasteiger partial charge in [0.15, 0.2) is 0 Å². The molecule has 0 aromatic carbocycles. The number of amides is 1. The molecule has 0 fully saturated rings. The molecule has 0 unspecified atom stereocenters. The van der Waals surface area contributed by atoms with Gasteiger partial charge in [0.1, 0.15) is 0 Å². The Morgan fingerprint density at radius 2 is 2.36 bits per heavy atom. The van der Waals surface area contributed by atoms with Crippen LogP contribution < -0.4 is 5.32 Å². The molecule has 1 aromatic rings. The minimum Gasteiger partial charge on any atom is -0.325 e. The average Bonchev–Trinajstić information content (AvgIpc) is 2.20. The van der Waals surface area contributed by atoms with Gasteiger partial charge in [-0.15, -0.1) is 0 Å². The summed E-state index contributed by atoms with van der Waals surface area (Å²) < 4.78 is 0. The molecule has 0 saturated carbocycles. The van der Waals surface area contributed by atoms with Crippen LogP contribution in [0.25, 0.3) is 0 Å². The third-order valence-corrected chi connectivity index (χ3v) is 1.95. The monoisotopic (exact) mass is 192 g/mol. The highest BCUT2D eigenvalue weighted by atomic mass is 16.1. The summed E-state index contributed by atoms with van der Waals surface area (Å²) in [6.45, 7) is 2.12. The number of unbranched alkanes of at least 4 members (excludes halogenated alkanes) is 2. The third-order valence-electron chi connectivity index (χ3n) is 1.95. The van der Waals surface area contributed by atoms with Crippen molar-refractivity contribution in [2.75, 3.05) is 5.32 Å². The molecule has 14 heavy (non-hydrogen) atoms. The van der Waals surface area contributed by atoms with Crippen LogP contribution in [0.3, 0.4) is 0 Å². The van der Waals surface area contributed by atoms with Gasteiger partial charge < -0.3 is 5.32 Å². The van der Waals surface area contributed by atoms with Crippen molar-refractivity contribution in [3.05, 3.63) is 24.5 Å². The van der Waals surface area contributed by atoms with Crippen molar-refractivity contribution in [1.29, 1.82) is 0 Å². The van der Waals surface area contributed by atoms with Gasteiger partial charge >= 0.3 is 0 Å². The van der Waals surface area contributed by atoms with Crippen LogP contribution in [-0.2, 0) is 4.79 Å². The van der Waals surface area contributed by atoms with Gasteiger partial charge in [-0.05, 0) is 18.6 Å². The van der Waals surface area contributed by atoms with E-state index < -0.39 is 0 Å². The Morgan fingerprint density at radius 3 is 3.00 bits per heavy atom. The van der Waals surface area contributed by atoms with E-state index >= 15 is 0 Å².